The Bertz CT molecular complexity index is 714. The summed E-state index contributed by atoms with van der Waals surface area (Å²) in [5.74, 6) is -0.0757. The maximum atomic E-state index is 12.2. The fraction of sp³-hybridized carbons (Fsp3) is 0.438. The lowest BCUT2D eigenvalue weighted by Gasteiger charge is -2.14. The molecule has 1 heterocycles. The zero-order valence-corrected chi connectivity index (χ0v) is 14.3. The summed E-state index contributed by atoms with van der Waals surface area (Å²) >= 11 is 0. The van der Waals surface area contributed by atoms with Gasteiger partial charge in [0.1, 0.15) is 11.9 Å². The van der Waals surface area contributed by atoms with Gasteiger partial charge in [-0.25, -0.2) is 0 Å². The predicted molar refractivity (Wildman–Crippen MR) is 87.4 cm³/mol. The minimum atomic E-state index is -3.28. The third kappa shape index (κ3) is 3.49. The molecule has 22 heavy (non-hydrogen) atoms. The minimum Gasteiger partial charge on any atom is -0.350 e. The van der Waals surface area contributed by atoms with Crippen molar-refractivity contribution in [3.8, 4) is 0 Å². The van der Waals surface area contributed by atoms with Crippen LogP contribution in [0, 0.1) is 0 Å². The first-order chi connectivity index (χ1) is 10.4. The lowest BCUT2D eigenvalue weighted by molar-refractivity contribution is -0.117. The zero-order chi connectivity index (χ0) is 16.3. The van der Waals surface area contributed by atoms with Crippen molar-refractivity contribution in [1.29, 1.82) is 0 Å². The summed E-state index contributed by atoms with van der Waals surface area (Å²) in [4.78, 5) is 12.2. The number of Topliss-reactive ketones (excluding diaryl/α,β-unsaturated/α-hetero) is 1. The summed E-state index contributed by atoms with van der Waals surface area (Å²) in [6, 6.07) is 8.10. The number of nitrogens with zero attached hydrogens (tertiary/aromatic N) is 1. The van der Waals surface area contributed by atoms with Gasteiger partial charge in [0.25, 0.3) is 0 Å². The van der Waals surface area contributed by atoms with E-state index in [2.05, 4.69) is 22.9 Å². The van der Waals surface area contributed by atoms with E-state index >= 15 is 0 Å². The van der Waals surface area contributed by atoms with E-state index < -0.39 is 7.60 Å². The van der Waals surface area contributed by atoms with Gasteiger partial charge >= 0.3 is 7.60 Å². The Kier molecular flexibility index (Phi) is 5.22. The molecule has 2 rings (SSSR count). The molecule has 120 valence electrons. The highest BCUT2D eigenvalue weighted by Gasteiger charge is 2.27. The second kappa shape index (κ2) is 6.78. The number of ketones is 1. The van der Waals surface area contributed by atoms with E-state index in [1.165, 1.54) is 14.2 Å². The third-order valence-corrected chi connectivity index (χ3v) is 5.77. The number of carbonyl (C=O) groups excluding carboxylic acids is 1. The van der Waals surface area contributed by atoms with Gasteiger partial charge in [-0.05, 0) is 17.5 Å². The van der Waals surface area contributed by atoms with Crippen molar-refractivity contribution in [1.82, 2.24) is 4.57 Å². The number of hydrogen-bond donors (Lipinski definition) is 0. The first kappa shape index (κ1) is 16.9. The molecule has 0 N–H and O–H groups in total. The molecular weight excluding hydrogens is 301 g/mol. The van der Waals surface area contributed by atoms with Crippen molar-refractivity contribution >= 4 is 24.3 Å². The number of aromatic nitrogens is 1. The van der Waals surface area contributed by atoms with E-state index in [-0.39, 0.29) is 17.9 Å². The molecule has 0 aliphatic carbocycles. The smallest absolute Gasteiger partial charge is 0.337 e. The Morgan fingerprint density at radius 1 is 1.27 bits per heavy atom. The standard InChI is InChI=1S/C16H22NO4P/c1-12(9-13(18)11-22(19,20-3)21-4)15-10-17(2)16-8-6-5-7-14(15)16/h5-8,10,12H,9,11H2,1-4H3. The average molecular weight is 323 g/mol. The Balaban J connectivity index is 2.16. The van der Waals surface area contributed by atoms with Crippen LogP contribution >= 0.6 is 7.60 Å². The molecule has 5 nitrogen and oxygen atoms in total. The fourth-order valence-corrected chi connectivity index (χ4v) is 3.67. The van der Waals surface area contributed by atoms with Crippen LogP contribution in [0.15, 0.2) is 30.5 Å². The molecule has 0 saturated carbocycles. The highest BCUT2D eigenvalue weighted by molar-refractivity contribution is 7.54. The summed E-state index contributed by atoms with van der Waals surface area (Å²) in [7, 11) is 1.30. The van der Waals surface area contributed by atoms with E-state index in [0.29, 0.717) is 6.42 Å². The topological polar surface area (TPSA) is 57.5 Å². The average Bonchev–Trinajstić information content (AvgIpc) is 2.85. The largest absolute Gasteiger partial charge is 0.350 e. The van der Waals surface area contributed by atoms with Gasteiger partial charge in [0.15, 0.2) is 0 Å². The predicted octanol–water partition coefficient (Wildman–Crippen LogP) is 3.73. The van der Waals surface area contributed by atoms with Crippen LogP contribution in [0.2, 0.25) is 0 Å². The van der Waals surface area contributed by atoms with Gasteiger partial charge in [0, 0.05) is 44.8 Å². The molecule has 0 aliphatic rings. The molecular formula is C16H22NO4P. The summed E-state index contributed by atoms with van der Waals surface area (Å²) in [5.41, 5.74) is 2.26. The minimum absolute atomic E-state index is 0.0424. The molecule has 0 aliphatic heterocycles. The van der Waals surface area contributed by atoms with Gasteiger partial charge in [-0.1, -0.05) is 25.1 Å². The van der Waals surface area contributed by atoms with Crippen LogP contribution in [-0.2, 0) is 25.5 Å². The molecule has 0 saturated heterocycles. The van der Waals surface area contributed by atoms with Crippen LogP contribution in [0.5, 0.6) is 0 Å². The SMILES string of the molecule is COP(=O)(CC(=O)CC(C)c1cn(C)c2ccccc12)OC. The number of para-hydroxylation sites is 1. The van der Waals surface area contributed by atoms with Crippen molar-refractivity contribution in [2.45, 2.75) is 19.3 Å². The number of aryl methyl sites for hydroxylation is 1. The summed E-state index contributed by atoms with van der Waals surface area (Å²) in [6.45, 7) is 2.00. The zero-order valence-electron chi connectivity index (χ0n) is 13.4. The van der Waals surface area contributed by atoms with Crippen LogP contribution < -0.4 is 0 Å². The first-order valence-corrected chi connectivity index (χ1v) is 8.89. The quantitative estimate of drug-likeness (QED) is 0.729. The van der Waals surface area contributed by atoms with E-state index in [0.717, 1.165) is 16.5 Å². The Hall–Kier alpha value is -1.42. The van der Waals surface area contributed by atoms with Gasteiger partial charge in [-0.2, -0.15) is 0 Å². The summed E-state index contributed by atoms with van der Waals surface area (Å²) in [5, 5.41) is 1.15. The Morgan fingerprint density at radius 2 is 1.91 bits per heavy atom. The van der Waals surface area contributed by atoms with Gasteiger partial charge in [0.2, 0.25) is 0 Å². The van der Waals surface area contributed by atoms with Gasteiger partial charge < -0.3 is 13.6 Å². The van der Waals surface area contributed by atoms with Crippen molar-refractivity contribution in [3.05, 3.63) is 36.0 Å². The lowest BCUT2D eigenvalue weighted by atomic mass is 9.96. The number of benzene rings is 1. The second-order valence-electron chi connectivity index (χ2n) is 5.49. The molecule has 0 fully saturated rings. The highest BCUT2D eigenvalue weighted by Crippen LogP contribution is 2.46. The Morgan fingerprint density at radius 3 is 2.55 bits per heavy atom. The highest BCUT2D eigenvalue weighted by atomic mass is 31.2. The van der Waals surface area contributed by atoms with E-state index in [1.54, 1.807) is 0 Å². The maximum absolute atomic E-state index is 12.2. The van der Waals surface area contributed by atoms with Crippen LogP contribution in [0.1, 0.15) is 24.8 Å². The normalized spacial score (nSPS) is 13.5. The first-order valence-electron chi connectivity index (χ1n) is 7.16. The van der Waals surface area contributed by atoms with Crippen LogP contribution in [0.25, 0.3) is 10.9 Å². The number of hydrogen-bond acceptors (Lipinski definition) is 4. The van der Waals surface area contributed by atoms with Crippen LogP contribution in [0.4, 0.5) is 0 Å². The molecule has 0 radical (unpaired) electrons. The summed E-state index contributed by atoms with van der Waals surface area (Å²) in [6.07, 6.45) is 2.18. The number of rotatable bonds is 7. The number of carbonyl (C=O) groups is 1. The molecule has 2 aromatic rings. The van der Waals surface area contributed by atoms with E-state index in [4.69, 9.17) is 9.05 Å². The van der Waals surface area contributed by atoms with Crippen LogP contribution in [-0.4, -0.2) is 30.7 Å². The maximum Gasteiger partial charge on any atom is 0.337 e. The Labute approximate surface area is 130 Å². The fourth-order valence-electron chi connectivity index (χ4n) is 2.70. The molecule has 6 heteroatoms. The molecule has 0 bridgehead atoms. The third-order valence-electron chi connectivity index (χ3n) is 3.92. The van der Waals surface area contributed by atoms with Crippen molar-refractivity contribution < 1.29 is 18.4 Å². The summed E-state index contributed by atoms with van der Waals surface area (Å²) < 4.78 is 23.7. The molecule has 1 unspecified atom stereocenters. The van der Waals surface area contributed by atoms with Crippen LogP contribution in [0.3, 0.4) is 0 Å². The van der Waals surface area contributed by atoms with Gasteiger partial charge in [-0.15, -0.1) is 0 Å². The van der Waals surface area contributed by atoms with Gasteiger partial charge in [0.05, 0.1) is 0 Å². The lowest BCUT2D eigenvalue weighted by Crippen LogP contribution is -2.11. The molecule has 1 aromatic heterocycles. The number of fused-ring (bicyclic) bond motifs is 1. The molecule has 1 atom stereocenters. The van der Waals surface area contributed by atoms with Crippen molar-refractivity contribution in [2.24, 2.45) is 7.05 Å². The molecule has 0 spiro atoms. The van der Waals surface area contributed by atoms with Gasteiger partial charge in [-0.3, -0.25) is 9.36 Å². The van der Waals surface area contributed by atoms with Crippen molar-refractivity contribution in [2.75, 3.05) is 20.4 Å². The second-order valence-corrected chi connectivity index (χ2v) is 7.76. The monoisotopic (exact) mass is 323 g/mol. The van der Waals surface area contributed by atoms with E-state index in [1.807, 2.05) is 26.1 Å². The molecule has 1 aromatic carbocycles. The van der Waals surface area contributed by atoms with Crippen molar-refractivity contribution in [3.63, 3.8) is 0 Å². The molecule has 0 amide bonds. The van der Waals surface area contributed by atoms with E-state index in [9.17, 15) is 9.36 Å².